The number of aromatic nitrogens is 3. The zero-order chi connectivity index (χ0) is 95.0. The van der Waals surface area contributed by atoms with Gasteiger partial charge in [0.05, 0.1) is 50.4 Å². The van der Waals surface area contributed by atoms with Crippen molar-refractivity contribution < 1.29 is 97.1 Å². The van der Waals surface area contributed by atoms with E-state index in [4.69, 9.17) is 28.3 Å². The molecule has 16 amide bonds. The number of unbranched alkanes of at least 4 members (excludes halogenated alkanes) is 1. The van der Waals surface area contributed by atoms with Crippen LogP contribution in [0, 0.1) is 5.41 Å². The van der Waals surface area contributed by atoms with Gasteiger partial charge >= 0.3 is 0 Å². The van der Waals surface area contributed by atoms with Gasteiger partial charge in [0, 0.05) is 112 Å². The van der Waals surface area contributed by atoms with Gasteiger partial charge in [-0.3, -0.25) is 82.1 Å². The van der Waals surface area contributed by atoms with Crippen LogP contribution in [0.25, 0.3) is 21.0 Å². The number of H-pyrrole nitrogens is 2. The Labute approximate surface area is 761 Å². The number of likely N-dealkylation sites (N-methyl/N-ethyl adjacent to an activating group) is 3. The Hall–Kier alpha value is -12.5. The fourth-order valence-electron chi connectivity index (χ4n) is 15.2. The molecular weight excluding hydrogens is 1750 g/mol. The molecule has 14 atom stereocenters. The van der Waals surface area contributed by atoms with Crippen LogP contribution in [-0.2, 0) is 102 Å². The third-order valence-electron chi connectivity index (χ3n) is 22.1. The smallest absolute Gasteiger partial charge is 0.248 e. The molecule has 3 aromatic carbocycles. The number of nitrogens with one attached hydrogen (secondary N) is 14. The van der Waals surface area contributed by atoms with Gasteiger partial charge in [0.15, 0.2) is 5.96 Å². The number of aliphatic hydroxyl groups is 3. The van der Waals surface area contributed by atoms with Crippen LogP contribution in [0.2, 0.25) is 0 Å². The number of nitrogens with two attached hydrogens (primary N) is 4. The largest absolute Gasteiger partial charge is 0.508 e. The van der Waals surface area contributed by atoms with Crippen molar-refractivity contribution in [2.75, 3.05) is 84.1 Å². The standard InChI is InChI=1S/C84H117N23O20S3/c1-6-7-18-63(77(121)97-55(17-12-26-92-84(88)89)73(117)103-62(72(116)94-37-69(87)113)42-129-43-70(114)96-56(71(115)90-2)29-45-21-23-49(110)24-22-45)104(3)83(127)65(25-28-128-5)105(4)81(125)59(31-47-41-130-67-20-11-9-15-52(47)67)100-76(120)60(39-108)101-74(118)57(30-46-35-93-54-16-10-8-14-51(46)54)98-79(123)66-33-50(111)38-107(66)82(126)61(40-109)102-75(119)58(32-48-36-91-44-95-48)99-78(122)64-19-13-27-106(64)80(124)53(85)34-68(86)112/h8-11,14-16,20-24,35-36,41,44,50,53,55-66,93,108-111H,6-7,12-13,17-19,25-34,37-40,42-43,85H2,1-5H3,(H2,86,112)(H2,87,113)(H,90,115)(H,91,95)(H,94,116)(H,96,114)(H,97,121)(H,98,123)(H,99,122)(H,100,120)(H,101,118)(H,102,119)(H,103,117)(H4,88,89,92)/t50-,53+,55+,56+,57+,58+,59+,60+,61+,62?,63+,64+,65+,66+/m1/s1. The SMILES string of the molecule is CCCC[C@@H](C(=O)N[C@@H](CCCNC(=N)N)C(=O)NC(CSCC(=O)N[C@@H](Cc1ccc(O)cc1)C(=O)NC)C(=O)NCC(N)=O)N(C)C(=O)[C@H](CCSC)N(C)C(=O)[C@H](Cc1csc2ccccc12)NC(=O)[C@H](CO)NC(=O)[C@H](Cc1c[nH]c2ccccc12)NC(=O)[C@@H]1C[C@@H](O)CN1C(=O)[C@H](CO)NC(=O)[C@H](Cc1cnc[nH]1)NC(=O)[C@@H]1CCCN1C(=O)[C@@H](N)CC(N)=O. The van der Waals surface area contributed by atoms with Crippen molar-refractivity contribution in [2.45, 2.75) is 181 Å². The molecule has 5 heterocycles. The second-order valence-corrected chi connectivity index (χ2v) is 34.5. The third-order valence-corrected chi connectivity index (χ3v) is 24.8. The van der Waals surface area contributed by atoms with Crippen LogP contribution < -0.4 is 81.4 Å². The van der Waals surface area contributed by atoms with Crippen LogP contribution in [-0.4, -0.2) is 324 Å². The van der Waals surface area contributed by atoms with Gasteiger partial charge < -0.3 is 131 Å². The second-order valence-electron chi connectivity index (χ2n) is 31.6. The van der Waals surface area contributed by atoms with Gasteiger partial charge in [0.2, 0.25) is 94.5 Å². The van der Waals surface area contributed by atoms with E-state index < -0.39 is 224 Å². The molecule has 0 spiro atoms. The van der Waals surface area contributed by atoms with Crippen LogP contribution in [0.4, 0.5) is 0 Å². The highest BCUT2D eigenvalue weighted by molar-refractivity contribution is 8.00. The number of phenolic OH excluding ortho intramolecular Hbond substituents is 1. The van der Waals surface area contributed by atoms with Crippen LogP contribution in [0.1, 0.15) is 93.5 Å². The number of hydrogen-bond donors (Lipinski definition) is 22. The average molecular weight is 1870 g/mol. The zero-order valence-electron chi connectivity index (χ0n) is 72.7. The molecule has 46 heteroatoms. The molecule has 0 saturated carbocycles. The molecule has 8 rings (SSSR count). The Bertz CT molecular complexity index is 4970. The number of imidazole rings is 1. The number of benzene rings is 3. The minimum atomic E-state index is -1.90. The fourth-order valence-corrected chi connectivity index (χ4v) is 17.5. The quantitative estimate of drug-likeness (QED) is 0.00966. The number of hydrogen-bond acceptors (Lipinski definition) is 26. The first-order valence-electron chi connectivity index (χ1n) is 42.3. The molecule has 1 unspecified atom stereocenters. The monoisotopic (exact) mass is 1860 g/mol. The van der Waals surface area contributed by atoms with Crippen LogP contribution in [0.5, 0.6) is 5.75 Å². The van der Waals surface area contributed by atoms with Gasteiger partial charge in [-0.25, -0.2) is 4.98 Å². The molecule has 43 nitrogen and oxygen atoms in total. The highest BCUT2D eigenvalue weighted by Crippen LogP contribution is 2.29. The molecule has 26 N–H and O–H groups in total. The van der Waals surface area contributed by atoms with E-state index in [9.17, 15) is 73.2 Å². The molecule has 0 aliphatic carbocycles. The maximum atomic E-state index is 15.7. The Kier molecular flexibility index (Phi) is 39.9. The summed E-state index contributed by atoms with van der Waals surface area (Å²) in [6.07, 6.45) is 4.08. The van der Waals surface area contributed by atoms with Gasteiger partial charge in [-0.1, -0.05) is 68.3 Å². The number of β-amino-alcohol motifs (C(OH)–C–C–N with tert-alkyl or cyclic N) is 1. The Morgan fingerprint density at radius 1 is 0.623 bits per heavy atom. The normalized spacial score (nSPS) is 16.7. The Balaban J connectivity index is 1.02. The van der Waals surface area contributed by atoms with E-state index in [0.717, 1.165) is 31.2 Å². The van der Waals surface area contributed by atoms with E-state index in [0.29, 0.717) is 57.9 Å². The minimum Gasteiger partial charge on any atom is -0.508 e. The number of carbonyl (C=O) groups is 16. The van der Waals surface area contributed by atoms with E-state index in [1.807, 2.05) is 13.0 Å². The molecule has 2 fully saturated rings. The molecule has 2 saturated heterocycles. The summed E-state index contributed by atoms with van der Waals surface area (Å²) >= 11 is 3.53. The van der Waals surface area contributed by atoms with Crippen LogP contribution >= 0.6 is 34.9 Å². The number of carbonyl (C=O) groups excluding carboxylic acids is 16. The predicted molar refractivity (Wildman–Crippen MR) is 482 cm³/mol. The molecule has 0 radical (unpaired) electrons. The van der Waals surface area contributed by atoms with Crippen LogP contribution in [0.15, 0.2) is 96.9 Å². The summed E-state index contributed by atoms with van der Waals surface area (Å²) in [6, 6.07) is 0.674. The van der Waals surface area contributed by atoms with Gasteiger partial charge in [0.25, 0.3) is 0 Å². The maximum Gasteiger partial charge on any atom is 0.248 e. The number of rotatable bonds is 51. The summed E-state index contributed by atoms with van der Waals surface area (Å²) in [6.45, 7) is -1.45. The van der Waals surface area contributed by atoms with Crippen molar-refractivity contribution in [3.05, 3.63) is 119 Å². The Morgan fingerprint density at radius 2 is 1.24 bits per heavy atom. The van der Waals surface area contributed by atoms with Gasteiger partial charge in [0.1, 0.15) is 78.3 Å². The van der Waals surface area contributed by atoms with Crippen molar-refractivity contribution in [1.29, 1.82) is 5.41 Å². The number of thiophene rings is 1. The van der Waals surface area contributed by atoms with Crippen LogP contribution in [0.3, 0.4) is 0 Å². The van der Waals surface area contributed by atoms with Gasteiger partial charge in [-0.2, -0.15) is 11.8 Å². The number of aromatic hydroxyl groups is 1. The molecule has 2 aliphatic rings. The number of fused-ring (bicyclic) bond motifs is 2. The molecule has 6 aromatic rings. The minimum absolute atomic E-state index is 0.00251. The summed E-state index contributed by atoms with van der Waals surface area (Å²) < 4.78 is 0.801. The van der Waals surface area contributed by atoms with E-state index >= 15 is 24.0 Å². The summed E-state index contributed by atoms with van der Waals surface area (Å²) in [4.78, 5) is 241. The molecule has 0 bridgehead atoms. The number of thioether (sulfide) groups is 2. The lowest BCUT2D eigenvalue weighted by atomic mass is 10.0. The predicted octanol–water partition coefficient (Wildman–Crippen LogP) is -4.96. The topological polar surface area (TPSA) is 672 Å². The lowest BCUT2D eigenvalue weighted by Crippen LogP contribution is -2.62. The van der Waals surface area contributed by atoms with E-state index in [2.05, 4.69) is 73.4 Å². The van der Waals surface area contributed by atoms with Crippen molar-refractivity contribution in [1.82, 2.24) is 93.0 Å². The summed E-state index contributed by atoms with van der Waals surface area (Å²) in [7, 11) is 4.06. The first kappa shape index (κ1) is 103. The highest BCUT2D eigenvalue weighted by Gasteiger charge is 2.46. The second kappa shape index (κ2) is 50.5. The summed E-state index contributed by atoms with van der Waals surface area (Å²) in [5, 5.41) is 82.3. The van der Waals surface area contributed by atoms with E-state index in [1.54, 1.807) is 72.4 Å². The summed E-state index contributed by atoms with van der Waals surface area (Å²) in [5.41, 5.74) is 24.8. The molecule has 706 valence electrons. The van der Waals surface area contributed by atoms with Crippen molar-refractivity contribution in [3.63, 3.8) is 0 Å². The summed E-state index contributed by atoms with van der Waals surface area (Å²) in [5.74, 6) is -15.0. The molecular formula is C84H117N23O20S3. The number of amides is 16. The number of aromatic amines is 2. The van der Waals surface area contributed by atoms with Gasteiger partial charge in [-0.15, -0.1) is 23.1 Å². The average Bonchev–Trinajstić information content (AvgIpc) is 1.46. The van der Waals surface area contributed by atoms with E-state index in [1.165, 1.54) is 73.8 Å². The highest BCUT2D eigenvalue weighted by atomic mass is 32.2. The van der Waals surface area contributed by atoms with E-state index in [-0.39, 0.29) is 93.9 Å². The number of nitrogens with zero attached hydrogens (tertiary/aromatic N) is 5. The molecule has 130 heavy (non-hydrogen) atoms. The van der Waals surface area contributed by atoms with Gasteiger partial charge in [-0.05, 0) is 102 Å². The molecule has 3 aromatic heterocycles. The maximum absolute atomic E-state index is 15.7. The number of primary amides is 2. The van der Waals surface area contributed by atoms with Crippen molar-refractivity contribution in [3.8, 4) is 5.75 Å². The third kappa shape index (κ3) is 29.5. The Morgan fingerprint density at radius 3 is 1.89 bits per heavy atom. The first-order valence-corrected chi connectivity index (χ1v) is 45.7. The van der Waals surface area contributed by atoms with Crippen molar-refractivity contribution in [2.24, 2.45) is 22.9 Å². The molecule has 2 aliphatic heterocycles. The lowest BCUT2D eigenvalue weighted by Gasteiger charge is -2.36. The van der Waals surface area contributed by atoms with Crippen molar-refractivity contribution >= 4 is 156 Å². The zero-order valence-corrected chi connectivity index (χ0v) is 75.1. The number of para-hydroxylation sites is 1. The first-order chi connectivity index (χ1) is 62.1. The lowest BCUT2D eigenvalue weighted by molar-refractivity contribution is -0.149. The fraction of sp³-hybridized carbons (Fsp3) is 0.500. The number of aliphatic hydroxyl groups excluding tert-OH is 3. The number of guanidine groups is 1. The number of phenols is 1. The number of likely N-dealkylation sites (tertiary alicyclic amines) is 2.